The van der Waals surface area contributed by atoms with Crippen LogP contribution >= 0.6 is 35.3 Å². The molecule has 1 aromatic rings. The van der Waals surface area contributed by atoms with Crippen molar-refractivity contribution in [2.45, 2.75) is 39.7 Å². The van der Waals surface area contributed by atoms with Gasteiger partial charge in [-0.3, -0.25) is 9.89 Å². The second kappa shape index (κ2) is 11.3. The molecule has 0 amide bonds. The van der Waals surface area contributed by atoms with Crippen LogP contribution in [0.4, 0.5) is 0 Å². The summed E-state index contributed by atoms with van der Waals surface area (Å²) in [5, 5.41) is 5.74. The van der Waals surface area contributed by atoms with Gasteiger partial charge in [0, 0.05) is 37.6 Å². The highest BCUT2D eigenvalue weighted by Gasteiger charge is 2.28. The Morgan fingerprint density at radius 2 is 2.21 bits per heavy atom. The van der Waals surface area contributed by atoms with E-state index in [4.69, 9.17) is 0 Å². The zero-order valence-corrected chi connectivity index (χ0v) is 18.6. The van der Waals surface area contributed by atoms with E-state index in [0.29, 0.717) is 12.0 Å². The molecule has 2 unspecified atom stereocenters. The third-order valence-electron chi connectivity index (χ3n) is 4.74. The molecule has 2 rings (SSSR count). The second-order valence-corrected chi connectivity index (χ2v) is 7.46. The lowest BCUT2D eigenvalue weighted by Crippen LogP contribution is -2.44. The van der Waals surface area contributed by atoms with Gasteiger partial charge >= 0.3 is 0 Å². The summed E-state index contributed by atoms with van der Waals surface area (Å²) in [4.78, 5) is 10.9. The number of aliphatic imine (C=N–C) groups is 1. The average molecular weight is 464 g/mol. The van der Waals surface area contributed by atoms with Gasteiger partial charge in [-0.25, -0.2) is 0 Å². The molecule has 1 saturated heterocycles. The molecule has 0 saturated carbocycles. The van der Waals surface area contributed by atoms with E-state index in [0.717, 1.165) is 45.1 Å². The fourth-order valence-electron chi connectivity index (χ4n) is 3.41. The number of nitrogens with one attached hydrogen (secondary N) is 1. The maximum atomic E-state index is 4.50. The van der Waals surface area contributed by atoms with Gasteiger partial charge in [0.15, 0.2) is 5.96 Å². The Kier molecular flexibility index (Phi) is 10.2. The molecule has 0 aliphatic carbocycles. The van der Waals surface area contributed by atoms with Crippen molar-refractivity contribution in [2.24, 2.45) is 10.9 Å². The van der Waals surface area contributed by atoms with Crippen molar-refractivity contribution in [3.8, 4) is 0 Å². The molecule has 1 aliphatic heterocycles. The van der Waals surface area contributed by atoms with E-state index in [9.17, 15) is 0 Å². The molecule has 2 heterocycles. The Labute approximate surface area is 168 Å². The molecular weight excluding hydrogens is 431 g/mol. The predicted molar refractivity (Wildman–Crippen MR) is 117 cm³/mol. The smallest absolute Gasteiger partial charge is 0.193 e. The van der Waals surface area contributed by atoms with Gasteiger partial charge in [0.1, 0.15) is 0 Å². The fraction of sp³-hybridized carbons (Fsp3) is 0.722. The van der Waals surface area contributed by atoms with Crippen molar-refractivity contribution in [3.05, 3.63) is 22.4 Å². The first kappa shape index (κ1) is 21.7. The van der Waals surface area contributed by atoms with Crippen LogP contribution in [0.15, 0.2) is 22.5 Å². The van der Waals surface area contributed by atoms with Gasteiger partial charge in [0.05, 0.1) is 0 Å². The van der Waals surface area contributed by atoms with Gasteiger partial charge in [0.2, 0.25) is 0 Å². The first-order valence-corrected chi connectivity index (χ1v) is 9.77. The molecule has 2 atom stereocenters. The molecule has 6 heteroatoms. The van der Waals surface area contributed by atoms with Crippen molar-refractivity contribution in [1.29, 1.82) is 0 Å². The lowest BCUT2D eigenvalue weighted by atomic mass is 10.1. The summed E-state index contributed by atoms with van der Waals surface area (Å²) in [6.07, 6.45) is 2.39. The summed E-state index contributed by atoms with van der Waals surface area (Å²) >= 11 is 1.85. The van der Waals surface area contributed by atoms with Crippen molar-refractivity contribution in [2.75, 3.05) is 39.8 Å². The highest BCUT2D eigenvalue weighted by Crippen LogP contribution is 2.16. The van der Waals surface area contributed by atoms with Crippen LogP contribution in [0.2, 0.25) is 0 Å². The van der Waals surface area contributed by atoms with E-state index in [-0.39, 0.29) is 24.0 Å². The predicted octanol–water partition coefficient (Wildman–Crippen LogP) is 3.54. The summed E-state index contributed by atoms with van der Waals surface area (Å²) < 4.78 is 0. The van der Waals surface area contributed by atoms with Crippen LogP contribution in [0, 0.1) is 5.92 Å². The number of rotatable bonds is 7. The van der Waals surface area contributed by atoms with Crippen molar-refractivity contribution in [1.82, 2.24) is 15.1 Å². The van der Waals surface area contributed by atoms with Crippen LogP contribution in [0.3, 0.4) is 0 Å². The topological polar surface area (TPSA) is 30.9 Å². The van der Waals surface area contributed by atoms with E-state index in [2.05, 4.69) is 58.4 Å². The lowest BCUT2D eigenvalue weighted by molar-refractivity contribution is 0.223. The van der Waals surface area contributed by atoms with E-state index in [1.807, 2.05) is 18.4 Å². The molecular formula is C18H33IN4S. The molecule has 0 radical (unpaired) electrons. The van der Waals surface area contributed by atoms with E-state index in [1.54, 1.807) is 0 Å². The standard InChI is InChI=1S/C18H32N4S.HI/c1-5-21(6-2)16-9-10-22(14-16)18(19-4)20-13-15(3)12-17-8-7-11-23-17;/h7-8,11,15-16H,5-6,9-10,12-14H2,1-4H3,(H,19,20);1H. The van der Waals surface area contributed by atoms with Gasteiger partial charge in [-0.2, -0.15) is 0 Å². The monoisotopic (exact) mass is 464 g/mol. The third-order valence-corrected chi connectivity index (χ3v) is 5.64. The molecule has 24 heavy (non-hydrogen) atoms. The number of hydrogen-bond acceptors (Lipinski definition) is 3. The minimum Gasteiger partial charge on any atom is -0.356 e. The molecule has 138 valence electrons. The van der Waals surface area contributed by atoms with Crippen molar-refractivity contribution >= 4 is 41.3 Å². The van der Waals surface area contributed by atoms with Gasteiger partial charge in [-0.1, -0.05) is 26.8 Å². The molecule has 1 aliphatic rings. The fourth-order valence-corrected chi connectivity index (χ4v) is 4.28. The largest absolute Gasteiger partial charge is 0.356 e. The summed E-state index contributed by atoms with van der Waals surface area (Å²) in [5.74, 6) is 1.68. The SMILES string of the molecule is CCN(CC)C1CCN(C(=NC)NCC(C)Cc2cccs2)C1.I. The van der Waals surface area contributed by atoms with E-state index in [1.165, 1.54) is 11.3 Å². The molecule has 4 nitrogen and oxygen atoms in total. The number of halogens is 1. The molecule has 1 fully saturated rings. The minimum absolute atomic E-state index is 0. The molecule has 0 bridgehead atoms. The first-order chi connectivity index (χ1) is 11.2. The maximum Gasteiger partial charge on any atom is 0.193 e. The van der Waals surface area contributed by atoms with Gasteiger partial charge in [-0.15, -0.1) is 35.3 Å². The average Bonchev–Trinajstić information content (AvgIpc) is 3.22. The van der Waals surface area contributed by atoms with E-state index >= 15 is 0 Å². The summed E-state index contributed by atoms with van der Waals surface area (Å²) in [5.41, 5.74) is 0. The number of thiophene rings is 1. The number of likely N-dealkylation sites (tertiary alicyclic amines) is 1. The molecule has 0 spiro atoms. The summed E-state index contributed by atoms with van der Waals surface area (Å²) in [6, 6.07) is 5.04. The van der Waals surface area contributed by atoms with Crippen LogP contribution in [-0.4, -0.2) is 61.6 Å². The Hall–Kier alpha value is -0.340. The zero-order chi connectivity index (χ0) is 16.7. The Balaban J connectivity index is 0.00000288. The number of likely N-dealkylation sites (N-methyl/N-ethyl adjacent to an activating group) is 1. The Morgan fingerprint density at radius 3 is 2.79 bits per heavy atom. The van der Waals surface area contributed by atoms with Crippen molar-refractivity contribution < 1.29 is 0 Å². The third kappa shape index (κ3) is 6.19. The Bertz CT molecular complexity index is 473. The van der Waals surface area contributed by atoms with Gasteiger partial charge in [-0.05, 0) is 43.3 Å². The van der Waals surface area contributed by atoms with Crippen molar-refractivity contribution in [3.63, 3.8) is 0 Å². The normalized spacial score (nSPS) is 19.5. The molecule has 1 aromatic heterocycles. The summed E-state index contributed by atoms with van der Waals surface area (Å²) in [7, 11) is 1.90. The minimum atomic E-state index is 0. The Morgan fingerprint density at radius 1 is 1.46 bits per heavy atom. The number of guanidine groups is 1. The second-order valence-electron chi connectivity index (χ2n) is 6.43. The zero-order valence-electron chi connectivity index (χ0n) is 15.5. The summed E-state index contributed by atoms with van der Waals surface area (Å²) in [6.45, 7) is 12.3. The highest BCUT2D eigenvalue weighted by atomic mass is 127. The first-order valence-electron chi connectivity index (χ1n) is 8.89. The van der Waals surface area contributed by atoms with Crippen LogP contribution < -0.4 is 5.32 Å². The van der Waals surface area contributed by atoms with Gasteiger partial charge < -0.3 is 10.2 Å². The van der Waals surface area contributed by atoms with Gasteiger partial charge in [0.25, 0.3) is 0 Å². The van der Waals surface area contributed by atoms with Crippen LogP contribution in [0.1, 0.15) is 32.1 Å². The van der Waals surface area contributed by atoms with Crippen LogP contribution in [-0.2, 0) is 6.42 Å². The van der Waals surface area contributed by atoms with Crippen LogP contribution in [0.5, 0.6) is 0 Å². The molecule has 1 N–H and O–H groups in total. The van der Waals surface area contributed by atoms with Crippen LogP contribution in [0.25, 0.3) is 0 Å². The quantitative estimate of drug-likeness (QED) is 0.381. The van der Waals surface area contributed by atoms with E-state index < -0.39 is 0 Å². The maximum absolute atomic E-state index is 4.50. The highest BCUT2D eigenvalue weighted by molar-refractivity contribution is 14.0. The number of nitrogens with zero attached hydrogens (tertiary/aromatic N) is 3. The lowest BCUT2D eigenvalue weighted by Gasteiger charge is -2.27. The number of hydrogen-bond donors (Lipinski definition) is 1. The molecule has 0 aromatic carbocycles.